The van der Waals surface area contributed by atoms with Gasteiger partial charge in [0.2, 0.25) is 5.82 Å². The van der Waals surface area contributed by atoms with Gasteiger partial charge in [0.15, 0.2) is 0 Å². The number of hydrogen-bond acceptors (Lipinski definition) is 7. The van der Waals surface area contributed by atoms with Crippen molar-refractivity contribution in [3.63, 3.8) is 0 Å². The molecular formula is C19H20N6O4. The molecule has 0 saturated heterocycles. The van der Waals surface area contributed by atoms with E-state index >= 15 is 0 Å². The van der Waals surface area contributed by atoms with E-state index in [1.165, 1.54) is 13.1 Å². The normalized spacial score (nSPS) is 12.1. The number of nitrogens with one attached hydrogen (secondary N) is 4. The topological polar surface area (TPSA) is 141 Å². The first kappa shape index (κ1) is 19.8. The summed E-state index contributed by atoms with van der Waals surface area (Å²) in [6.07, 6.45) is 1.52. The summed E-state index contributed by atoms with van der Waals surface area (Å²) in [5, 5.41) is 14.2. The van der Waals surface area contributed by atoms with E-state index in [9.17, 15) is 14.4 Å². The predicted octanol–water partition coefficient (Wildman–Crippen LogP) is 0.961. The molecule has 0 spiro atoms. The van der Waals surface area contributed by atoms with Gasteiger partial charge in [0.05, 0.1) is 12.8 Å². The van der Waals surface area contributed by atoms with Gasteiger partial charge in [-0.15, -0.1) is 5.10 Å². The molecule has 10 nitrogen and oxygen atoms in total. The first-order valence-corrected chi connectivity index (χ1v) is 8.92. The molecule has 1 amide bonds. The van der Waals surface area contributed by atoms with Crippen LogP contribution in [0.5, 0.6) is 5.75 Å². The average Bonchev–Trinajstić information content (AvgIpc) is 2.71. The van der Waals surface area contributed by atoms with E-state index in [1.54, 1.807) is 0 Å². The van der Waals surface area contributed by atoms with Crippen LogP contribution in [0.3, 0.4) is 0 Å². The van der Waals surface area contributed by atoms with E-state index < -0.39 is 23.2 Å². The van der Waals surface area contributed by atoms with Gasteiger partial charge in [-0.2, -0.15) is 5.10 Å². The number of aromatic nitrogens is 3. The molecule has 0 radical (unpaired) electrons. The number of carbonyl (C=O) groups excluding carboxylic acids is 1. The summed E-state index contributed by atoms with van der Waals surface area (Å²) in [6, 6.07) is 10.7. The number of carbonyl (C=O) groups is 1. The maximum atomic E-state index is 12.3. The molecule has 4 N–H and O–H groups in total. The van der Waals surface area contributed by atoms with Crippen LogP contribution in [-0.2, 0) is 4.79 Å². The van der Waals surface area contributed by atoms with Crippen molar-refractivity contribution in [2.45, 2.75) is 19.9 Å². The number of benzene rings is 2. The molecule has 0 saturated carbocycles. The maximum Gasteiger partial charge on any atom is 0.342 e. The molecule has 10 heteroatoms. The monoisotopic (exact) mass is 396 g/mol. The minimum absolute atomic E-state index is 0.177. The molecule has 3 rings (SSSR count). The Bertz CT molecular complexity index is 1170. The van der Waals surface area contributed by atoms with Crippen molar-refractivity contribution in [3.8, 4) is 5.75 Å². The largest absolute Gasteiger partial charge is 0.493 e. The molecule has 0 fully saturated rings. The average molecular weight is 396 g/mol. The van der Waals surface area contributed by atoms with Gasteiger partial charge in [-0.25, -0.2) is 15.3 Å². The molecule has 0 aliphatic carbocycles. The molecule has 29 heavy (non-hydrogen) atoms. The quantitative estimate of drug-likeness (QED) is 0.346. The summed E-state index contributed by atoms with van der Waals surface area (Å²) in [6.45, 7) is 3.91. The van der Waals surface area contributed by atoms with Gasteiger partial charge in [0.25, 0.3) is 11.5 Å². The lowest BCUT2D eigenvalue weighted by Crippen LogP contribution is -2.38. The second kappa shape index (κ2) is 8.83. The zero-order valence-corrected chi connectivity index (χ0v) is 15.9. The van der Waals surface area contributed by atoms with Crippen LogP contribution in [0.2, 0.25) is 0 Å². The fraction of sp³-hybridized carbons (Fsp3) is 0.211. The van der Waals surface area contributed by atoms with Gasteiger partial charge in [0.1, 0.15) is 11.8 Å². The molecule has 1 heterocycles. The molecule has 0 bridgehead atoms. The maximum absolute atomic E-state index is 12.3. The van der Waals surface area contributed by atoms with Gasteiger partial charge >= 0.3 is 5.69 Å². The third kappa shape index (κ3) is 4.67. The van der Waals surface area contributed by atoms with E-state index in [-0.39, 0.29) is 5.82 Å². The number of nitrogens with zero attached hydrogens (tertiary/aromatic N) is 2. The highest BCUT2D eigenvalue weighted by Crippen LogP contribution is 2.26. The Morgan fingerprint density at radius 1 is 1.28 bits per heavy atom. The fourth-order valence-electron chi connectivity index (χ4n) is 2.66. The molecule has 0 aliphatic rings. The van der Waals surface area contributed by atoms with Crippen molar-refractivity contribution >= 4 is 28.7 Å². The summed E-state index contributed by atoms with van der Waals surface area (Å²) in [4.78, 5) is 36.9. The minimum atomic E-state index is -0.828. The van der Waals surface area contributed by atoms with Crippen LogP contribution in [0.25, 0.3) is 10.8 Å². The van der Waals surface area contributed by atoms with Crippen molar-refractivity contribution in [2.75, 3.05) is 11.9 Å². The lowest BCUT2D eigenvalue weighted by Gasteiger charge is -2.12. The summed E-state index contributed by atoms with van der Waals surface area (Å²) >= 11 is 0. The zero-order valence-electron chi connectivity index (χ0n) is 15.9. The van der Waals surface area contributed by atoms with E-state index in [2.05, 4.69) is 26.0 Å². The molecule has 3 aromatic rings. The highest BCUT2D eigenvalue weighted by Gasteiger charge is 2.15. The van der Waals surface area contributed by atoms with E-state index in [1.807, 2.05) is 48.3 Å². The number of fused-ring (bicyclic) bond motifs is 1. The Kier molecular flexibility index (Phi) is 6.03. The molecule has 1 aromatic heterocycles. The van der Waals surface area contributed by atoms with Crippen molar-refractivity contribution < 1.29 is 9.53 Å². The molecule has 150 valence electrons. The molecule has 1 unspecified atom stereocenters. The minimum Gasteiger partial charge on any atom is -0.493 e. The summed E-state index contributed by atoms with van der Waals surface area (Å²) in [5.41, 5.74) is 1.70. The van der Waals surface area contributed by atoms with Crippen molar-refractivity contribution in [3.05, 3.63) is 62.8 Å². The number of anilines is 1. The molecule has 1 atom stereocenters. The van der Waals surface area contributed by atoms with Gasteiger partial charge in [-0.1, -0.05) is 30.3 Å². The first-order chi connectivity index (χ1) is 14.0. The van der Waals surface area contributed by atoms with Gasteiger partial charge in [0, 0.05) is 5.56 Å². The van der Waals surface area contributed by atoms with Gasteiger partial charge in [-0.05, 0) is 30.7 Å². The lowest BCUT2D eigenvalue weighted by atomic mass is 10.0. The summed E-state index contributed by atoms with van der Waals surface area (Å²) in [7, 11) is 0. The van der Waals surface area contributed by atoms with Gasteiger partial charge < -0.3 is 10.1 Å². The highest BCUT2D eigenvalue weighted by molar-refractivity contribution is 6.02. The fourth-order valence-corrected chi connectivity index (χ4v) is 2.66. The second-order valence-electron chi connectivity index (χ2n) is 6.09. The number of hydrazone groups is 1. The molecule has 0 aliphatic heterocycles. The smallest absolute Gasteiger partial charge is 0.342 e. The predicted molar refractivity (Wildman–Crippen MR) is 109 cm³/mol. The number of amides is 1. The van der Waals surface area contributed by atoms with E-state index in [0.717, 1.165) is 16.3 Å². The Morgan fingerprint density at radius 2 is 2.07 bits per heavy atom. The Balaban J connectivity index is 1.75. The number of hydrogen-bond donors (Lipinski definition) is 4. The lowest BCUT2D eigenvalue weighted by molar-refractivity contribution is -0.121. The van der Waals surface area contributed by atoms with Crippen molar-refractivity contribution in [2.24, 2.45) is 5.10 Å². The number of aromatic amines is 2. The third-order valence-electron chi connectivity index (χ3n) is 4.06. The molecule has 2 aromatic carbocycles. The van der Waals surface area contributed by atoms with Crippen LogP contribution >= 0.6 is 0 Å². The molecular weight excluding hydrogens is 376 g/mol. The Labute approximate surface area is 165 Å². The third-order valence-corrected chi connectivity index (χ3v) is 4.06. The van der Waals surface area contributed by atoms with Crippen LogP contribution < -0.4 is 26.7 Å². The van der Waals surface area contributed by atoms with Crippen LogP contribution in [0, 0.1) is 0 Å². The van der Waals surface area contributed by atoms with Crippen LogP contribution in [0.4, 0.5) is 5.82 Å². The van der Waals surface area contributed by atoms with Gasteiger partial charge in [-0.3, -0.25) is 14.6 Å². The summed E-state index contributed by atoms with van der Waals surface area (Å²) < 4.78 is 5.66. The number of H-pyrrole nitrogens is 2. The van der Waals surface area contributed by atoms with Crippen LogP contribution in [0.1, 0.15) is 19.4 Å². The van der Waals surface area contributed by atoms with E-state index in [0.29, 0.717) is 12.4 Å². The van der Waals surface area contributed by atoms with Crippen molar-refractivity contribution in [1.82, 2.24) is 20.6 Å². The summed E-state index contributed by atoms with van der Waals surface area (Å²) in [5.74, 6) is -0.0184. The SMILES string of the molecule is CCOc1ccc2ccccc2c1/C=N/NC(=O)C(C)Nc1n[nH]c(=O)[nH]c1=O. The van der Waals surface area contributed by atoms with Crippen LogP contribution in [-0.4, -0.2) is 40.0 Å². The Hall–Kier alpha value is -3.95. The van der Waals surface area contributed by atoms with Crippen molar-refractivity contribution in [1.29, 1.82) is 0 Å². The standard InChI is InChI=1S/C19H20N6O4/c1-3-29-15-9-8-12-6-4-5-7-13(12)14(15)10-20-24-17(26)11(2)21-16-18(27)22-19(28)25-23-16/h4-11H,3H2,1-2H3,(H,21,23)(H,24,26)(H2,22,25,27,28)/b20-10+. The van der Waals surface area contributed by atoms with Crippen LogP contribution in [0.15, 0.2) is 51.1 Å². The van der Waals surface area contributed by atoms with E-state index in [4.69, 9.17) is 4.74 Å². The second-order valence-corrected chi connectivity index (χ2v) is 6.09. The number of rotatable bonds is 7. The zero-order chi connectivity index (χ0) is 20.8. The first-order valence-electron chi connectivity index (χ1n) is 8.92. The highest BCUT2D eigenvalue weighted by atomic mass is 16.5. The number of ether oxygens (including phenoxy) is 1. The Morgan fingerprint density at radius 3 is 2.83 bits per heavy atom.